The maximum Gasteiger partial charge on any atom is 0.413 e. The average Bonchev–Trinajstić information content (AvgIpc) is 2.95. The Morgan fingerprint density at radius 2 is 2.29 bits per heavy atom. The van der Waals surface area contributed by atoms with E-state index in [-0.39, 0.29) is 6.17 Å². The fourth-order valence-corrected chi connectivity index (χ4v) is 2.20. The van der Waals surface area contributed by atoms with Gasteiger partial charge in [0.05, 0.1) is 11.9 Å². The number of hydrogen-bond donors (Lipinski definition) is 2. The summed E-state index contributed by atoms with van der Waals surface area (Å²) < 4.78 is 0. The first-order chi connectivity index (χ1) is 8.27. The van der Waals surface area contributed by atoms with Crippen molar-refractivity contribution in [2.75, 3.05) is 4.90 Å². The SMILES string of the molecule is O=C(O)N1c2ccccc2CC1N1C=CON1. The van der Waals surface area contributed by atoms with E-state index in [0.29, 0.717) is 6.42 Å². The lowest BCUT2D eigenvalue weighted by Gasteiger charge is -2.28. The number of hydrazine groups is 1. The quantitative estimate of drug-likeness (QED) is 0.764. The molecular weight excluding hydrogens is 222 g/mol. The van der Waals surface area contributed by atoms with Gasteiger partial charge in [-0.25, -0.2) is 4.79 Å². The van der Waals surface area contributed by atoms with E-state index in [4.69, 9.17) is 4.84 Å². The third kappa shape index (κ3) is 1.50. The highest BCUT2D eigenvalue weighted by Gasteiger charge is 2.37. The zero-order valence-electron chi connectivity index (χ0n) is 8.91. The lowest BCUT2D eigenvalue weighted by molar-refractivity contribution is 0.0120. The van der Waals surface area contributed by atoms with E-state index in [9.17, 15) is 9.90 Å². The van der Waals surface area contributed by atoms with Crippen molar-refractivity contribution in [1.82, 2.24) is 10.6 Å². The molecule has 1 amide bonds. The van der Waals surface area contributed by atoms with Crippen LogP contribution >= 0.6 is 0 Å². The highest BCUT2D eigenvalue weighted by Crippen LogP contribution is 2.33. The molecular formula is C11H11N3O3. The molecule has 88 valence electrons. The molecule has 2 N–H and O–H groups in total. The van der Waals surface area contributed by atoms with Crippen molar-refractivity contribution in [2.24, 2.45) is 0 Å². The highest BCUT2D eigenvalue weighted by molar-refractivity contribution is 5.89. The van der Waals surface area contributed by atoms with Crippen LogP contribution in [0.25, 0.3) is 0 Å². The largest absolute Gasteiger partial charge is 0.465 e. The van der Waals surface area contributed by atoms with E-state index >= 15 is 0 Å². The second-order valence-electron chi connectivity index (χ2n) is 3.87. The Labute approximate surface area is 97.6 Å². The number of fused-ring (bicyclic) bond motifs is 1. The summed E-state index contributed by atoms with van der Waals surface area (Å²) in [5.74, 6) is 0. The third-order valence-corrected chi connectivity index (χ3v) is 2.93. The van der Waals surface area contributed by atoms with Crippen molar-refractivity contribution < 1.29 is 14.7 Å². The summed E-state index contributed by atoms with van der Waals surface area (Å²) in [6.07, 6.45) is 2.49. The van der Waals surface area contributed by atoms with Crippen molar-refractivity contribution >= 4 is 11.8 Å². The fraction of sp³-hybridized carbons (Fsp3) is 0.182. The number of carboxylic acid groups (broad SMARTS) is 1. The van der Waals surface area contributed by atoms with Crippen LogP contribution < -0.4 is 10.5 Å². The van der Waals surface area contributed by atoms with Crippen LogP contribution in [-0.2, 0) is 11.3 Å². The second-order valence-corrected chi connectivity index (χ2v) is 3.87. The van der Waals surface area contributed by atoms with Gasteiger partial charge in [0.25, 0.3) is 0 Å². The molecule has 1 aromatic carbocycles. The molecule has 2 aliphatic rings. The molecule has 0 aromatic heterocycles. The number of benzene rings is 1. The monoisotopic (exact) mass is 233 g/mol. The van der Waals surface area contributed by atoms with Gasteiger partial charge < -0.3 is 9.94 Å². The Bertz CT molecular complexity index is 489. The van der Waals surface area contributed by atoms with Gasteiger partial charge in [0, 0.05) is 6.42 Å². The van der Waals surface area contributed by atoms with Gasteiger partial charge >= 0.3 is 6.09 Å². The van der Waals surface area contributed by atoms with E-state index in [1.165, 1.54) is 11.2 Å². The van der Waals surface area contributed by atoms with Crippen LogP contribution in [-0.4, -0.2) is 22.4 Å². The number of nitrogens with one attached hydrogen (secondary N) is 1. The molecule has 1 atom stereocenters. The van der Waals surface area contributed by atoms with Crippen LogP contribution in [0.3, 0.4) is 0 Å². The summed E-state index contributed by atoms with van der Waals surface area (Å²) in [7, 11) is 0. The number of rotatable bonds is 1. The normalized spacial score (nSPS) is 21.5. The van der Waals surface area contributed by atoms with Gasteiger partial charge in [-0.2, -0.15) is 0 Å². The van der Waals surface area contributed by atoms with E-state index < -0.39 is 6.09 Å². The predicted molar refractivity (Wildman–Crippen MR) is 59.6 cm³/mol. The molecule has 0 fully saturated rings. The van der Waals surface area contributed by atoms with Crippen LogP contribution in [0.1, 0.15) is 5.56 Å². The highest BCUT2D eigenvalue weighted by atomic mass is 16.7. The zero-order chi connectivity index (χ0) is 11.8. The van der Waals surface area contributed by atoms with Crippen molar-refractivity contribution in [2.45, 2.75) is 12.6 Å². The van der Waals surface area contributed by atoms with Gasteiger partial charge in [-0.05, 0) is 11.6 Å². The van der Waals surface area contributed by atoms with Gasteiger partial charge in [0.1, 0.15) is 12.4 Å². The summed E-state index contributed by atoms with van der Waals surface area (Å²) in [4.78, 5) is 17.5. The smallest absolute Gasteiger partial charge is 0.413 e. The minimum Gasteiger partial charge on any atom is -0.465 e. The van der Waals surface area contributed by atoms with Crippen molar-refractivity contribution in [3.8, 4) is 0 Å². The molecule has 1 unspecified atom stereocenters. The molecule has 0 aliphatic carbocycles. The summed E-state index contributed by atoms with van der Waals surface area (Å²) in [5.41, 5.74) is 4.38. The lowest BCUT2D eigenvalue weighted by Crippen LogP contribution is -2.50. The van der Waals surface area contributed by atoms with Gasteiger partial charge in [0.2, 0.25) is 0 Å². The minimum absolute atomic E-state index is 0.316. The number of amides is 1. The van der Waals surface area contributed by atoms with Crippen LogP contribution in [0.2, 0.25) is 0 Å². The van der Waals surface area contributed by atoms with Crippen LogP contribution in [0, 0.1) is 0 Å². The van der Waals surface area contributed by atoms with Crippen molar-refractivity contribution in [3.63, 3.8) is 0 Å². The number of carbonyl (C=O) groups is 1. The van der Waals surface area contributed by atoms with E-state index in [0.717, 1.165) is 11.3 Å². The molecule has 2 aliphatic heterocycles. The molecule has 0 bridgehead atoms. The average molecular weight is 233 g/mol. The first-order valence-corrected chi connectivity index (χ1v) is 5.24. The van der Waals surface area contributed by atoms with E-state index in [2.05, 4.69) is 5.59 Å². The molecule has 0 spiro atoms. The molecule has 6 nitrogen and oxygen atoms in total. The van der Waals surface area contributed by atoms with Crippen LogP contribution in [0.15, 0.2) is 36.7 Å². The molecule has 0 saturated heterocycles. The summed E-state index contributed by atoms with van der Waals surface area (Å²) in [5, 5.41) is 10.9. The number of nitrogens with zero attached hydrogens (tertiary/aromatic N) is 2. The fourth-order valence-electron chi connectivity index (χ4n) is 2.20. The van der Waals surface area contributed by atoms with Crippen LogP contribution in [0.5, 0.6) is 0 Å². The van der Waals surface area contributed by atoms with E-state index in [1.54, 1.807) is 11.2 Å². The zero-order valence-corrected chi connectivity index (χ0v) is 8.91. The summed E-state index contributed by atoms with van der Waals surface area (Å²) >= 11 is 0. The minimum atomic E-state index is -0.970. The standard InChI is InChI=1S/C11H11N3O3/c15-11(16)14-9-4-2-1-3-8(9)7-10(14)13-5-6-17-12-13/h1-6,10,12H,7H2,(H,15,16). The Morgan fingerprint density at radius 1 is 1.47 bits per heavy atom. The van der Waals surface area contributed by atoms with Gasteiger partial charge in [-0.15, -0.1) is 0 Å². The molecule has 0 saturated carbocycles. The molecule has 0 radical (unpaired) electrons. The predicted octanol–water partition coefficient (Wildman–Crippen LogP) is 1.28. The van der Waals surface area contributed by atoms with Gasteiger partial charge in [-0.3, -0.25) is 9.91 Å². The summed E-state index contributed by atoms with van der Waals surface area (Å²) in [6, 6.07) is 7.49. The van der Waals surface area contributed by atoms with Crippen LogP contribution in [0.4, 0.5) is 10.5 Å². The third-order valence-electron chi connectivity index (χ3n) is 2.93. The lowest BCUT2D eigenvalue weighted by atomic mass is 10.1. The first kappa shape index (κ1) is 9.98. The van der Waals surface area contributed by atoms with Gasteiger partial charge in [0.15, 0.2) is 0 Å². The van der Waals surface area contributed by atoms with Crippen molar-refractivity contribution in [1.29, 1.82) is 0 Å². The molecule has 17 heavy (non-hydrogen) atoms. The van der Waals surface area contributed by atoms with E-state index in [1.807, 2.05) is 24.3 Å². The molecule has 2 heterocycles. The Hall–Kier alpha value is -2.21. The Balaban J connectivity index is 1.97. The Kier molecular flexibility index (Phi) is 2.15. The molecule has 6 heteroatoms. The first-order valence-electron chi connectivity index (χ1n) is 5.24. The van der Waals surface area contributed by atoms with Crippen molar-refractivity contribution in [3.05, 3.63) is 42.3 Å². The van der Waals surface area contributed by atoms with Gasteiger partial charge in [-0.1, -0.05) is 23.8 Å². The second kappa shape index (κ2) is 3.67. The maximum atomic E-state index is 11.3. The number of para-hydroxylation sites is 1. The topological polar surface area (TPSA) is 65.0 Å². The Morgan fingerprint density at radius 3 is 3.00 bits per heavy atom. The molecule has 3 rings (SSSR count). The number of hydrogen-bond acceptors (Lipinski definition) is 4. The molecule has 1 aromatic rings. The number of anilines is 1. The summed E-state index contributed by atoms with van der Waals surface area (Å²) in [6.45, 7) is 0. The maximum absolute atomic E-state index is 11.3.